The van der Waals surface area contributed by atoms with Gasteiger partial charge in [-0.3, -0.25) is 0 Å². The van der Waals surface area contributed by atoms with E-state index in [0.717, 1.165) is 11.6 Å². The van der Waals surface area contributed by atoms with Crippen molar-refractivity contribution in [2.75, 3.05) is 7.05 Å². The van der Waals surface area contributed by atoms with Crippen LogP contribution in [-0.2, 0) is 10.0 Å². The SMILES string of the molecule is CC(c1ccccc1)N(C)S(=O)(=O)c1cccc(F)c1. The molecule has 0 spiro atoms. The Balaban J connectivity index is 2.35. The Bertz CT molecular complexity index is 686. The van der Waals surface area contributed by atoms with E-state index in [1.54, 1.807) is 6.92 Å². The first-order chi connectivity index (χ1) is 9.43. The van der Waals surface area contributed by atoms with Gasteiger partial charge in [-0.05, 0) is 30.7 Å². The average molecular weight is 293 g/mol. The van der Waals surface area contributed by atoms with Crippen LogP contribution in [0.1, 0.15) is 18.5 Å². The van der Waals surface area contributed by atoms with Crippen molar-refractivity contribution >= 4 is 10.0 Å². The smallest absolute Gasteiger partial charge is 0.207 e. The highest BCUT2D eigenvalue weighted by Crippen LogP contribution is 2.25. The van der Waals surface area contributed by atoms with Gasteiger partial charge in [0.15, 0.2) is 0 Å². The molecule has 0 aliphatic rings. The van der Waals surface area contributed by atoms with Crippen LogP contribution < -0.4 is 0 Å². The maximum Gasteiger partial charge on any atom is 0.243 e. The molecule has 20 heavy (non-hydrogen) atoms. The molecule has 2 aromatic rings. The maximum atomic E-state index is 13.2. The first-order valence-electron chi connectivity index (χ1n) is 6.21. The van der Waals surface area contributed by atoms with Crippen LogP contribution in [0.2, 0.25) is 0 Å². The molecule has 0 heterocycles. The number of halogens is 1. The Hall–Kier alpha value is -1.72. The summed E-state index contributed by atoms with van der Waals surface area (Å²) in [4.78, 5) is -0.0391. The highest BCUT2D eigenvalue weighted by Gasteiger charge is 2.26. The van der Waals surface area contributed by atoms with Crippen LogP contribution in [0, 0.1) is 5.82 Å². The fourth-order valence-electron chi connectivity index (χ4n) is 1.94. The molecule has 0 aliphatic carbocycles. The van der Waals surface area contributed by atoms with Gasteiger partial charge in [0.05, 0.1) is 4.90 Å². The van der Waals surface area contributed by atoms with E-state index in [4.69, 9.17) is 0 Å². The molecule has 0 aliphatic heterocycles. The zero-order valence-electron chi connectivity index (χ0n) is 11.3. The molecule has 0 saturated carbocycles. The molecule has 0 saturated heterocycles. The van der Waals surface area contributed by atoms with Crippen molar-refractivity contribution in [3.63, 3.8) is 0 Å². The molecule has 3 nitrogen and oxygen atoms in total. The monoisotopic (exact) mass is 293 g/mol. The van der Waals surface area contributed by atoms with Gasteiger partial charge in [0.2, 0.25) is 10.0 Å². The second kappa shape index (κ2) is 5.73. The van der Waals surface area contributed by atoms with E-state index < -0.39 is 15.8 Å². The predicted octanol–water partition coefficient (Wildman–Crippen LogP) is 3.21. The summed E-state index contributed by atoms with van der Waals surface area (Å²) < 4.78 is 39.4. The van der Waals surface area contributed by atoms with E-state index in [2.05, 4.69) is 0 Å². The first kappa shape index (κ1) is 14.7. The number of benzene rings is 2. The molecule has 106 valence electrons. The molecule has 2 aromatic carbocycles. The standard InChI is InChI=1S/C15H16FNO2S/c1-12(13-7-4-3-5-8-13)17(2)20(18,19)15-10-6-9-14(16)11-15/h3-12H,1-2H3. The van der Waals surface area contributed by atoms with Crippen LogP contribution in [-0.4, -0.2) is 19.8 Å². The number of sulfonamides is 1. The number of hydrogen-bond donors (Lipinski definition) is 0. The van der Waals surface area contributed by atoms with Crippen LogP contribution >= 0.6 is 0 Å². The van der Waals surface area contributed by atoms with Gasteiger partial charge in [-0.25, -0.2) is 12.8 Å². The molecule has 0 aromatic heterocycles. The van der Waals surface area contributed by atoms with E-state index in [0.29, 0.717) is 0 Å². The van der Waals surface area contributed by atoms with Crippen LogP contribution in [0.25, 0.3) is 0 Å². The van der Waals surface area contributed by atoms with Gasteiger partial charge in [0.25, 0.3) is 0 Å². The lowest BCUT2D eigenvalue weighted by atomic mass is 10.1. The molecular weight excluding hydrogens is 277 g/mol. The third-order valence-corrected chi connectivity index (χ3v) is 5.22. The Morgan fingerprint density at radius 2 is 1.70 bits per heavy atom. The average Bonchev–Trinajstić information content (AvgIpc) is 2.46. The molecule has 1 unspecified atom stereocenters. The minimum atomic E-state index is -3.72. The Morgan fingerprint density at radius 3 is 2.30 bits per heavy atom. The van der Waals surface area contributed by atoms with Crippen molar-refractivity contribution in [2.45, 2.75) is 17.9 Å². The molecule has 2 rings (SSSR count). The molecular formula is C15H16FNO2S. The second-order valence-electron chi connectivity index (χ2n) is 4.57. The third kappa shape index (κ3) is 2.89. The largest absolute Gasteiger partial charge is 0.243 e. The quantitative estimate of drug-likeness (QED) is 0.868. The molecule has 0 fully saturated rings. The van der Waals surface area contributed by atoms with E-state index in [9.17, 15) is 12.8 Å². The summed E-state index contributed by atoms with van der Waals surface area (Å²) in [6.45, 7) is 1.80. The summed E-state index contributed by atoms with van der Waals surface area (Å²) in [5, 5.41) is 0. The first-order valence-corrected chi connectivity index (χ1v) is 7.65. The lowest BCUT2D eigenvalue weighted by molar-refractivity contribution is 0.398. The highest BCUT2D eigenvalue weighted by molar-refractivity contribution is 7.89. The van der Waals surface area contributed by atoms with Gasteiger partial charge in [-0.2, -0.15) is 4.31 Å². The number of nitrogens with zero attached hydrogens (tertiary/aromatic N) is 1. The molecule has 0 radical (unpaired) electrons. The van der Waals surface area contributed by atoms with Crippen LogP contribution in [0.5, 0.6) is 0 Å². The van der Waals surface area contributed by atoms with E-state index in [-0.39, 0.29) is 10.9 Å². The van der Waals surface area contributed by atoms with Crippen molar-refractivity contribution in [3.05, 3.63) is 66.0 Å². The van der Waals surface area contributed by atoms with Crippen molar-refractivity contribution in [1.82, 2.24) is 4.31 Å². The maximum absolute atomic E-state index is 13.2. The lowest BCUT2D eigenvalue weighted by Gasteiger charge is -2.24. The zero-order chi connectivity index (χ0) is 14.8. The number of hydrogen-bond acceptors (Lipinski definition) is 2. The van der Waals surface area contributed by atoms with E-state index >= 15 is 0 Å². The van der Waals surface area contributed by atoms with Crippen molar-refractivity contribution in [1.29, 1.82) is 0 Å². The summed E-state index contributed by atoms with van der Waals surface area (Å²) in [7, 11) is -2.22. The summed E-state index contributed by atoms with van der Waals surface area (Å²) in [5.74, 6) is -0.563. The molecule has 0 N–H and O–H groups in total. The summed E-state index contributed by atoms with van der Waals surface area (Å²) in [6.07, 6.45) is 0. The van der Waals surface area contributed by atoms with E-state index in [1.165, 1.54) is 29.6 Å². The molecule has 5 heteroatoms. The molecule has 0 amide bonds. The molecule has 0 bridgehead atoms. The van der Waals surface area contributed by atoms with Gasteiger partial charge in [-0.15, -0.1) is 0 Å². The fourth-order valence-corrected chi connectivity index (χ4v) is 3.33. The predicted molar refractivity (Wildman–Crippen MR) is 76.2 cm³/mol. The number of rotatable bonds is 4. The minimum absolute atomic E-state index is 0.0391. The van der Waals surface area contributed by atoms with Crippen LogP contribution in [0.4, 0.5) is 4.39 Å². The zero-order valence-corrected chi connectivity index (χ0v) is 12.1. The van der Waals surface area contributed by atoms with Crippen molar-refractivity contribution in [3.8, 4) is 0 Å². The van der Waals surface area contributed by atoms with Gasteiger partial charge < -0.3 is 0 Å². The molecule has 1 atom stereocenters. The van der Waals surface area contributed by atoms with E-state index in [1.807, 2.05) is 30.3 Å². The van der Waals surface area contributed by atoms with Crippen molar-refractivity contribution in [2.24, 2.45) is 0 Å². The lowest BCUT2D eigenvalue weighted by Crippen LogP contribution is -2.29. The summed E-state index contributed by atoms with van der Waals surface area (Å²) in [5.41, 5.74) is 0.884. The third-order valence-electron chi connectivity index (χ3n) is 3.30. The van der Waals surface area contributed by atoms with Crippen LogP contribution in [0.15, 0.2) is 59.5 Å². The van der Waals surface area contributed by atoms with Gasteiger partial charge in [0, 0.05) is 13.1 Å². The topological polar surface area (TPSA) is 37.4 Å². The second-order valence-corrected chi connectivity index (χ2v) is 6.56. The normalized spacial score (nSPS) is 13.4. The fraction of sp³-hybridized carbons (Fsp3) is 0.200. The Morgan fingerprint density at radius 1 is 1.05 bits per heavy atom. The summed E-state index contributed by atoms with van der Waals surface area (Å²) >= 11 is 0. The Labute approximate surface area is 118 Å². The van der Waals surface area contributed by atoms with Crippen molar-refractivity contribution < 1.29 is 12.8 Å². The highest BCUT2D eigenvalue weighted by atomic mass is 32.2. The summed E-state index contributed by atoms with van der Waals surface area (Å²) in [6, 6.07) is 14.0. The van der Waals surface area contributed by atoms with Gasteiger partial charge in [-0.1, -0.05) is 36.4 Å². The van der Waals surface area contributed by atoms with Crippen LogP contribution in [0.3, 0.4) is 0 Å². The Kier molecular flexibility index (Phi) is 4.20. The minimum Gasteiger partial charge on any atom is -0.207 e. The van der Waals surface area contributed by atoms with Gasteiger partial charge in [0.1, 0.15) is 5.82 Å². The van der Waals surface area contributed by atoms with Gasteiger partial charge >= 0.3 is 0 Å².